The lowest BCUT2D eigenvalue weighted by Gasteiger charge is -2.36. The van der Waals surface area contributed by atoms with Crippen molar-refractivity contribution in [3.8, 4) is 0 Å². The van der Waals surface area contributed by atoms with Gasteiger partial charge in [0, 0.05) is 13.5 Å². The van der Waals surface area contributed by atoms with Gasteiger partial charge in [-0.05, 0) is 25.0 Å². The molecule has 17 heavy (non-hydrogen) atoms. The van der Waals surface area contributed by atoms with Crippen molar-refractivity contribution in [2.45, 2.75) is 25.8 Å². The van der Waals surface area contributed by atoms with Crippen LogP contribution in [0.2, 0.25) is 0 Å². The zero-order valence-electron chi connectivity index (χ0n) is 9.84. The van der Waals surface area contributed by atoms with E-state index in [1.807, 2.05) is 6.92 Å². The Morgan fingerprint density at radius 1 is 1.59 bits per heavy atom. The first kappa shape index (κ1) is 11.7. The van der Waals surface area contributed by atoms with Crippen LogP contribution < -0.4 is 0 Å². The van der Waals surface area contributed by atoms with Gasteiger partial charge < -0.3 is 14.4 Å². The molecule has 0 radical (unpaired) electrons. The molecule has 1 saturated heterocycles. The number of carboxylic acids is 1. The maximum absolute atomic E-state index is 11.7. The van der Waals surface area contributed by atoms with E-state index in [2.05, 4.69) is 0 Å². The largest absolute Gasteiger partial charge is 0.481 e. The third kappa shape index (κ3) is 1.92. The molecule has 0 spiro atoms. The normalized spacial score (nSPS) is 25.1. The van der Waals surface area contributed by atoms with Crippen molar-refractivity contribution in [1.29, 1.82) is 0 Å². The molecule has 1 fully saturated rings. The van der Waals surface area contributed by atoms with E-state index in [0.717, 1.165) is 5.56 Å². The van der Waals surface area contributed by atoms with Crippen LogP contribution in [0.4, 0.5) is 0 Å². The first-order valence-electron chi connectivity index (χ1n) is 5.55. The van der Waals surface area contributed by atoms with Crippen LogP contribution in [-0.4, -0.2) is 28.9 Å². The molecular weight excluding hydrogens is 222 g/mol. The summed E-state index contributed by atoms with van der Waals surface area (Å²) >= 11 is 0. The summed E-state index contributed by atoms with van der Waals surface area (Å²) < 4.78 is 5.35. The number of hydrogen-bond acceptors (Lipinski definition) is 3. The number of nitrogens with zero attached hydrogens (tertiary/aromatic N) is 1. The monoisotopic (exact) mass is 237 g/mol. The van der Waals surface area contributed by atoms with Crippen LogP contribution >= 0.6 is 0 Å². The summed E-state index contributed by atoms with van der Waals surface area (Å²) in [6.45, 7) is 1.85. The van der Waals surface area contributed by atoms with Crippen molar-refractivity contribution < 1.29 is 19.1 Å². The third-order valence-corrected chi connectivity index (χ3v) is 3.35. The van der Waals surface area contributed by atoms with Gasteiger partial charge in [-0.3, -0.25) is 9.59 Å². The Morgan fingerprint density at radius 2 is 2.29 bits per heavy atom. The van der Waals surface area contributed by atoms with Crippen molar-refractivity contribution in [1.82, 2.24) is 4.90 Å². The maximum Gasteiger partial charge on any atom is 0.309 e. The van der Waals surface area contributed by atoms with Crippen LogP contribution in [-0.2, 0) is 9.59 Å². The molecule has 1 N–H and O–H groups in total. The molecule has 0 saturated carbocycles. The molecule has 1 aromatic rings. The van der Waals surface area contributed by atoms with Crippen molar-refractivity contribution in [3.05, 3.63) is 23.7 Å². The Bertz CT molecular complexity index is 451. The number of aryl methyl sites for hydroxylation is 1. The van der Waals surface area contributed by atoms with Gasteiger partial charge in [-0.15, -0.1) is 0 Å². The highest BCUT2D eigenvalue weighted by Crippen LogP contribution is 2.37. The molecule has 5 heteroatoms. The number of carbonyl (C=O) groups excluding carboxylic acids is 1. The van der Waals surface area contributed by atoms with E-state index in [1.54, 1.807) is 13.1 Å². The van der Waals surface area contributed by atoms with Gasteiger partial charge in [0.2, 0.25) is 5.91 Å². The van der Waals surface area contributed by atoms with Gasteiger partial charge in [0.15, 0.2) is 0 Å². The number of likely N-dealkylation sites (tertiary alicyclic amines) is 1. The molecule has 2 atom stereocenters. The standard InChI is InChI=1S/C12H15NO4/c1-7-5-6-17-11(7)10-8(12(15)16)3-4-9(14)13(10)2/h5-6,8,10H,3-4H2,1-2H3,(H,15,16). The van der Waals surface area contributed by atoms with Crippen LogP contribution in [0.25, 0.3) is 0 Å². The molecule has 0 bridgehead atoms. The van der Waals surface area contributed by atoms with Gasteiger partial charge in [0.05, 0.1) is 12.2 Å². The van der Waals surface area contributed by atoms with E-state index < -0.39 is 17.9 Å². The molecule has 5 nitrogen and oxygen atoms in total. The number of piperidine rings is 1. The SMILES string of the molecule is Cc1ccoc1C1C(C(=O)O)CCC(=O)N1C. The van der Waals surface area contributed by atoms with Crippen molar-refractivity contribution in [2.24, 2.45) is 5.92 Å². The minimum absolute atomic E-state index is 0.0386. The number of amides is 1. The highest BCUT2D eigenvalue weighted by molar-refractivity contribution is 5.81. The predicted octanol–water partition coefficient (Wildman–Crippen LogP) is 1.58. The van der Waals surface area contributed by atoms with Gasteiger partial charge in [-0.1, -0.05) is 0 Å². The fraction of sp³-hybridized carbons (Fsp3) is 0.500. The van der Waals surface area contributed by atoms with Crippen molar-refractivity contribution in [2.75, 3.05) is 7.05 Å². The predicted molar refractivity (Wildman–Crippen MR) is 59.3 cm³/mol. The highest BCUT2D eigenvalue weighted by atomic mass is 16.4. The number of hydrogen-bond donors (Lipinski definition) is 1. The van der Waals surface area contributed by atoms with E-state index in [-0.39, 0.29) is 12.3 Å². The second kappa shape index (κ2) is 4.24. The molecule has 1 aliphatic heterocycles. The number of carboxylic acid groups (broad SMARTS) is 1. The molecule has 1 amide bonds. The van der Waals surface area contributed by atoms with E-state index in [9.17, 15) is 14.7 Å². The lowest BCUT2D eigenvalue weighted by atomic mass is 9.86. The third-order valence-electron chi connectivity index (χ3n) is 3.35. The minimum Gasteiger partial charge on any atom is -0.481 e. The average molecular weight is 237 g/mol. The van der Waals surface area contributed by atoms with Crippen molar-refractivity contribution >= 4 is 11.9 Å². The van der Waals surface area contributed by atoms with E-state index in [4.69, 9.17) is 4.42 Å². The number of rotatable bonds is 2. The van der Waals surface area contributed by atoms with Gasteiger partial charge >= 0.3 is 5.97 Å². The Kier molecular flexibility index (Phi) is 2.92. The fourth-order valence-electron chi connectivity index (χ4n) is 2.34. The second-order valence-electron chi connectivity index (χ2n) is 4.40. The highest BCUT2D eigenvalue weighted by Gasteiger charge is 2.41. The van der Waals surface area contributed by atoms with Crippen LogP contribution in [0.15, 0.2) is 16.7 Å². The lowest BCUT2D eigenvalue weighted by Crippen LogP contribution is -2.43. The number of aliphatic carboxylic acids is 1. The van der Waals surface area contributed by atoms with Crippen LogP contribution in [0.1, 0.15) is 30.2 Å². The number of carbonyl (C=O) groups is 2. The van der Waals surface area contributed by atoms with E-state index >= 15 is 0 Å². The minimum atomic E-state index is -0.884. The van der Waals surface area contributed by atoms with Gasteiger partial charge in [0.1, 0.15) is 11.8 Å². The summed E-state index contributed by atoms with van der Waals surface area (Å²) in [4.78, 5) is 24.4. The molecule has 1 aliphatic rings. The first-order chi connectivity index (χ1) is 8.02. The summed E-state index contributed by atoms with van der Waals surface area (Å²) in [5.41, 5.74) is 0.878. The zero-order valence-corrected chi connectivity index (χ0v) is 9.84. The summed E-state index contributed by atoms with van der Waals surface area (Å²) in [7, 11) is 1.63. The summed E-state index contributed by atoms with van der Waals surface area (Å²) in [6.07, 6.45) is 2.17. The molecule has 1 aromatic heterocycles. The summed E-state index contributed by atoms with van der Waals surface area (Å²) in [5.74, 6) is -0.941. The molecule has 2 unspecified atom stereocenters. The van der Waals surface area contributed by atoms with E-state index in [0.29, 0.717) is 12.2 Å². The topological polar surface area (TPSA) is 70.7 Å². The molecule has 0 aromatic carbocycles. The Labute approximate surface area is 99.0 Å². The van der Waals surface area contributed by atoms with Crippen LogP contribution in [0.3, 0.4) is 0 Å². The average Bonchev–Trinajstić information content (AvgIpc) is 2.68. The maximum atomic E-state index is 11.7. The Morgan fingerprint density at radius 3 is 2.82 bits per heavy atom. The number of furan rings is 1. The molecule has 0 aliphatic carbocycles. The summed E-state index contributed by atoms with van der Waals surface area (Å²) in [5, 5.41) is 9.22. The van der Waals surface area contributed by atoms with Crippen LogP contribution in [0.5, 0.6) is 0 Å². The zero-order chi connectivity index (χ0) is 12.6. The molecule has 92 valence electrons. The molecule has 2 rings (SSSR count). The summed E-state index contributed by atoms with van der Waals surface area (Å²) in [6, 6.07) is 1.28. The smallest absolute Gasteiger partial charge is 0.309 e. The Balaban J connectivity index is 2.40. The van der Waals surface area contributed by atoms with Crippen LogP contribution in [0, 0.1) is 12.8 Å². The Hall–Kier alpha value is -1.78. The quantitative estimate of drug-likeness (QED) is 0.847. The lowest BCUT2D eigenvalue weighted by molar-refractivity contribution is -0.151. The van der Waals surface area contributed by atoms with Gasteiger partial charge in [-0.2, -0.15) is 0 Å². The van der Waals surface area contributed by atoms with E-state index in [1.165, 1.54) is 11.2 Å². The van der Waals surface area contributed by atoms with Gasteiger partial charge in [-0.25, -0.2) is 0 Å². The first-order valence-corrected chi connectivity index (χ1v) is 5.55. The second-order valence-corrected chi connectivity index (χ2v) is 4.40. The van der Waals surface area contributed by atoms with Crippen molar-refractivity contribution in [3.63, 3.8) is 0 Å². The van der Waals surface area contributed by atoms with Gasteiger partial charge in [0.25, 0.3) is 0 Å². The fourth-order valence-corrected chi connectivity index (χ4v) is 2.34. The molecule has 2 heterocycles. The molecular formula is C12H15NO4.